The van der Waals surface area contributed by atoms with Gasteiger partial charge in [0.05, 0.1) is 6.17 Å². The number of hydrogen-bond donors (Lipinski definition) is 1. The van der Waals surface area contributed by atoms with Crippen molar-refractivity contribution < 1.29 is 0 Å². The molecule has 0 amide bonds. The maximum atomic E-state index is 5.87. The Balaban J connectivity index is 2.53. The van der Waals surface area contributed by atoms with Crippen LogP contribution in [0.15, 0.2) is 30.3 Å². The SMILES string of the molecule is CN(C)C(N)Cc1ccccc1. The second kappa shape index (κ2) is 4.24. The van der Waals surface area contributed by atoms with E-state index < -0.39 is 0 Å². The van der Waals surface area contributed by atoms with Gasteiger partial charge in [-0.2, -0.15) is 0 Å². The van der Waals surface area contributed by atoms with Crippen molar-refractivity contribution in [2.75, 3.05) is 14.1 Å². The lowest BCUT2D eigenvalue weighted by Gasteiger charge is -2.19. The van der Waals surface area contributed by atoms with Crippen LogP contribution in [0.4, 0.5) is 0 Å². The number of rotatable bonds is 3. The molecule has 0 bridgehead atoms. The van der Waals surface area contributed by atoms with E-state index in [9.17, 15) is 0 Å². The fraction of sp³-hybridized carbons (Fsp3) is 0.400. The van der Waals surface area contributed by atoms with Gasteiger partial charge < -0.3 is 5.73 Å². The third-order valence-electron chi connectivity index (χ3n) is 1.95. The summed E-state index contributed by atoms with van der Waals surface area (Å²) in [6.45, 7) is 0. The van der Waals surface area contributed by atoms with Crippen molar-refractivity contribution in [2.24, 2.45) is 5.73 Å². The van der Waals surface area contributed by atoms with Crippen LogP contribution in [-0.2, 0) is 6.42 Å². The molecule has 1 aromatic carbocycles. The standard InChI is InChI=1S/C10H16N2/c1-12(2)10(11)8-9-6-4-3-5-7-9/h3-7,10H,8,11H2,1-2H3. The Morgan fingerprint density at radius 3 is 2.33 bits per heavy atom. The van der Waals surface area contributed by atoms with E-state index in [0.29, 0.717) is 0 Å². The largest absolute Gasteiger partial charge is 0.315 e. The predicted molar refractivity (Wildman–Crippen MR) is 51.8 cm³/mol. The van der Waals surface area contributed by atoms with Gasteiger partial charge in [-0.1, -0.05) is 30.3 Å². The topological polar surface area (TPSA) is 29.3 Å². The summed E-state index contributed by atoms with van der Waals surface area (Å²) >= 11 is 0. The lowest BCUT2D eigenvalue weighted by molar-refractivity contribution is 0.299. The summed E-state index contributed by atoms with van der Waals surface area (Å²) in [6.07, 6.45) is 1.03. The zero-order chi connectivity index (χ0) is 8.97. The Morgan fingerprint density at radius 1 is 1.25 bits per heavy atom. The number of benzene rings is 1. The molecule has 1 unspecified atom stereocenters. The molecule has 0 aliphatic carbocycles. The normalized spacial score (nSPS) is 13.3. The number of nitrogens with two attached hydrogens (primary N) is 1. The first-order valence-corrected chi connectivity index (χ1v) is 4.16. The predicted octanol–water partition coefficient (Wildman–Crippen LogP) is 1.08. The molecule has 1 rings (SSSR count). The average Bonchev–Trinajstić information content (AvgIpc) is 2.06. The van der Waals surface area contributed by atoms with Crippen LogP contribution >= 0.6 is 0 Å². The lowest BCUT2D eigenvalue weighted by Crippen LogP contribution is -2.38. The number of hydrogen-bond acceptors (Lipinski definition) is 2. The van der Waals surface area contributed by atoms with Crippen LogP contribution in [0.2, 0.25) is 0 Å². The summed E-state index contributed by atoms with van der Waals surface area (Å²) in [4.78, 5) is 2.02. The number of likely N-dealkylation sites (N-methyl/N-ethyl adjacent to an activating group) is 1. The molecule has 2 N–H and O–H groups in total. The van der Waals surface area contributed by atoms with Crippen LogP contribution < -0.4 is 5.73 Å². The maximum absolute atomic E-state index is 5.87. The third kappa shape index (κ3) is 2.64. The van der Waals surface area contributed by atoms with Crippen LogP contribution in [0.3, 0.4) is 0 Å². The van der Waals surface area contributed by atoms with Gasteiger partial charge in [-0.05, 0) is 19.7 Å². The molecular weight excluding hydrogens is 148 g/mol. The Bertz CT molecular complexity index is 219. The summed E-state index contributed by atoms with van der Waals surface area (Å²) in [5.41, 5.74) is 7.16. The van der Waals surface area contributed by atoms with Crippen molar-refractivity contribution in [2.45, 2.75) is 12.6 Å². The molecule has 0 saturated carbocycles. The first-order valence-electron chi connectivity index (χ1n) is 4.16. The summed E-state index contributed by atoms with van der Waals surface area (Å²) < 4.78 is 0. The lowest BCUT2D eigenvalue weighted by atomic mass is 10.1. The van der Waals surface area contributed by atoms with E-state index >= 15 is 0 Å². The fourth-order valence-corrected chi connectivity index (χ4v) is 1.04. The highest BCUT2D eigenvalue weighted by molar-refractivity contribution is 5.15. The molecule has 0 aliphatic heterocycles. The van der Waals surface area contributed by atoms with Gasteiger partial charge in [-0.15, -0.1) is 0 Å². The summed E-state index contributed by atoms with van der Waals surface area (Å²) in [5, 5.41) is 0. The second-order valence-electron chi connectivity index (χ2n) is 3.22. The minimum Gasteiger partial charge on any atom is -0.315 e. The van der Waals surface area contributed by atoms with E-state index in [1.165, 1.54) is 5.56 Å². The summed E-state index contributed by atoms with van der Waals surface area (Å²) in [6, 6.07) is 10.3. The smallest absolute Gasteiger partial charge is 0.0608 e. The molecule has 2 nitrogen and oxygen atoms in total. The zero-order valence-corrected chi connectivity index (χ0v) is 7.70. The van der Waals surface area contributed by atoms with Gasteiger partial charge in [0, 0.05) is 6.42 Å². The highest BCUT2D eigenvalue weighted by Crippen LogP contribution is 2.02. The van der Waals surface area contributed by atoms with Crippen LogP contribution in [0, 0.1) is 0 Å². The van der Waals surface area contributed by atoms with Crippen molar-refractivity contribution in [3.8, 4) is 0 Å². The molecule has 0 heterocycles. The van der Waals surface area contributed by atoms with Crippen LogP contribution in [0.5, 0.6) is 0 Å². The van der Waals surface area contributed by atoms with E-state index in [4.69, 9.17) is 5.73 Å². The van der Waals surface area contributed by atoms with Crippen molar-refractivity contribution in [1.82, 2.24) is 4.90 Å². The average molecular weight is 164 g/mol. The van der Waals surface area contributed by atoms with Gasteiger partial charge >= 0.3 is 0 Å². The highest BCUT2D eigenvalue weighted by atomic mass is 15.2. The van der Waals surface area contributed by atoms with Gasteiger partial charge in [-0.3, -0.25) is 4.90 Å². The minimum atomic E-state index is 0.118. The summed E-state index contributed by atoms with van der Waals surface area (Å²) in [7, 11) is 3.99. The summed E-state index contributed by atoms with van der Waals surface area (Å²) in [5.74, 6) is 0. The first-order chi connectivity index (χ1) is 5.70. The van der Waals surface area contributed by atoms with Crippen molar-refractivity contribution >= 4 is 0 Å². The van der Waals surface area contributed by atoms with Gasteiger partial charge in [-0.25, -0.2) is 0 Å². The van der Waals surface area contributed by atoms with Crippen LogP contribution in [-0.4, -0.2) is 25.2 Å². The fourth-order valence-electron chi connectivity index (χ4n) is 1.04. The first kappa shape index (κ1) is 9.23. The Hall–Kier alpha value is -0.860. The van der Waals surface area contributed by atoms with E-state index in [0.717, 1.165) is 6.42 Å². The van der Waals surface area contributed by atoms with E-state index in [1.54, 1.807) is 0 Å². The van der Waals surface area contributed by atoms with Gasteiger partial charge in [0.2, 0.25) is 0 Å². The van der Waals surface area contributed by atoms with Crippen LogP contribution in [0.1, 0.15) is 5.56 Å². The van der Waals surface area contributed by atoms with Crippen molar-refractivity contribution in [3.63, 3.8) is 0 Å². The molecule has 66 valence electrons. The second-order valence-corrected chi connectivity index (χ2v) is 3.22. The van der Waals surface area contributed by atoms with Gasteiger partial charge in [0.25, 0.3) is 0 Å². The number of nitrogens with zero attached hydrogens (tertiary/aromatic N) is 1. The highest BCUT2D eigenvalue weighted by Gasteiger charge is 2.04. The Labute approximate surface area is 74.0 Å². The molecule has 1 aromatic rings. The van der Waals surface area contributed by atoms with Gasteiger partial charge in [0.15, 0.2) is 0 Å². The minimum absolute atomic E-state index is 0.118. The maximum Gasteiger partial charge on any atom is 0.0608 e. The molecule has 12 heavy (non-hydrogen) atoms. The molecule has 2 heteroatoms. The van der Waals surface area contributed by atoms with E-state index in [-0.39, 0.29) is 6.17 Å². The molecule has 0 saturated heterocycles. The monoisotopic (exact) mass is 164 g/mol. The van der Waals surface area contributed by atoms with Crippen LogP contribution in [0.25, 0.3) is 0 Å². The molecule has 0 spiro atoms. The molecule has 0 aromatic heterocycles. The molecular formula is C10H16N2. The van der Waals surface area contributed by atoms with Crippen molar-refractivity contribution in [3.05, 3.63) is 35.9 Å². The third-order valence-corrected chi connectivity index (χ3v) is 1.95. The van der Waals surface area contributed by atoms with E-state index in [2.05, 4.69) is 12.1 Å². The molecule has 1 atom stereocenters. The molecule has 0 fully saturated rings. The van der Waals surface area contributed by atoms with E-state index in [1.807, 2.05) is 37.2 Å². The van der Waals surface area contributed by atoms with Gasteiger partial charge in [0.1, 0.15) is 0 Å². The quantitative estimate of drug-likeness (QED) is 0.677. The Morgan fingerprint density at radius 2 is 1.83 bits per heavy atom. The zero-order valence-electron chi connectivity index (χ0n) is 7.70. The molecule has 0 radical (unpaired) electrons. The van der Waals surface area contributed by atoms with Crippen molar-refractivity contribution in [1.29, 1.82) is 0 Å². The Kier molecular flexibility index (Phi) is 3.26. The molecule has 0 aliphatic rings.